The summed E-state index contributed by atoms with van der Waals surface area (Å²) < 4.78 is 5.65. The molecule has 0 saturated carbocycles. The number of aliphatic hydroxyl groups is 1. The Bertz CT molecular complexity index is 128. The van der Waals surface area contributed by atoms with Crippen LogP contribution in [0.3, 0.4) is 0 Å². The highest BCUT2D eigenvalue weighted by Gasteiger charge is 2.20. The number of hydrogen-bond donors (Lipinski definition) is 1. The van der Waals surface area contributed by atoms with Crippen LogP contribution in [0.1, 0.15) is 58.3 Å². The Hall–Kier alpha value is -0.0800. The van der Waals surface area contributed by atoms with Gasteiger partial charge in [0, 0.05) is 6.61 Å². The first-order valence-electron chi connectivity index (χ1n) is 6.14. The van der Waals surface area contributed by atoms with Crippen LogP contribution in [0, 0.1) is 0 Å². The summed E-state index contributed by atoms with van der Waals surface area (Å²) >= 11 is 0. The zero-order valence-corrected chi connectivity index (χ0v) is 9.37. The van der Waals surface area contributed by atoms with Gasteiger partial charge in [0.2, 0.25) is 0 Å². The van der Waals surface area contributed by atoms with Crippen LogP contribution in [0.15, 0.2) is 0 Å². The van der Waals surface area contributed by atoms with Crippen LogP contribution in [0.4, 0.5) is 0 Å². The van der Waals surface area contributed by atoms with E-state index in [2.05, 4.69) is 6.92 Å². The third-order valence-corrected chi connectivity index (χ3v) is 3.00. The molecule has 2 heteroatoms. The van der Waals surface area contributed by atoms with Gasteiger partial charge >= 0.3 is 0 Å². The van der Waals surface area contributed by atoms with Crippen molar-refractivity contribution in [3.05, 3.63) is 0 Å². The van der Waals surface area contributed by atoms with Crippen molar-refractivity contribution in [2.45, 2.75) is 70.5 Å². The Morgan fingerprint density at radius 3 is 2.93 bits per heavy atom. The second kappa shape index (κ2) is 7.24. The molecule has 0 bridgehead atoms. The molecular weight excluding hydrogens is 176 g/mol. The molecule has 84 valence electrons. The van der Waals surface area contributed by atoms with E-state index < -0.39 is 0 Å². The second-order valence-electron chi connectivity index (χ2n) is 4.32. The van der Waals surface area contributed by atoms with Crippen LogP contribution in [0.25, 0.3) is 0 Å². The van der Waals surface area contributed by atoms with Crippen LogP contribution in [-0.2, 0) is 4.74 Å². The van der Waals surface area contributed by atoms with E-state index >= 15 is 0 Å². The third-order valence-electron chi connectivity index (χ3n) is 3.00. The monoisotopic (exact) mass is 200 g/mol. The van der Waals surface area contributed by atoms with Crippen molar-refractivity contribution in [3.8, 4) is 0 Å². The molecule has 1 saturated heterocycles. The molecule has 1 aliphatic rings. The molecule has 1 fully saturated rings. The molecule has 14 heavy (non-hydrogen) atoms. The molecule has 1 rings (SSSR count). The summed E-state index contributed by atoms with van der Waals surface area (Å²) in [5.41, 5.74) is 0. The lowest BCUT2D eigenvalue weighted by molar-refractivity contribution is -0.0382. The van der Waals surface area contributed by atoms with Gasteiger partial charge < -0.3 is 9.84 Å². The topological polar surface area (TPSA) is 29.5 Å². The van der Waals surface area contributed by atoms with E-state index in [9.17, 15) is 5.11 Å². The van der Waals surface area contributed by atoms with E-state index in [1.807, 2.05) is 0 Å². The van der Waals surface area contributed by atoms with Gasteiger partial charge in [0.05, 0.1) is 12.2 Å². The molecule has 1 N–H and O–H groups in total. The second-order valence-corrected chi connectivity index (χ2v) is 4.32. The smallest absolute Gasteiger partial charge is 0.0833 e. The number of rotatable bonds is 5. The number of aliphatic hydroxyl groups excluding tert-OH is 1. The fourth-order valence-corrected chi connectivity index (χ4v) is 2.04. The molecule has 2 atom stereocenters. The highest BCUT2D eigenvalue weighted by Crippen LogP contribution is 2.19. The molecule has 0 aromatic carbocycles. The van der Waals surface area contributed by atoms with Crippen LogP contribution in [-0.4, -0.2) is 23.9 Å². The first-order valence-corrected chi connectivity index (χ1v) is 6.14. The van der Waals surface area contributed by atoms with Gasteiger partial charge in [-0.1, -0.05) is 39.0 Å². The highest BCUT2D eigenvalue weighted by molar-refractivity contribution is 4.71. The van der Waals surface area contributed by atoms with Crippen LogP contribution < -0.4 is 0 Å². The molecule has 0 spiro atoms. The van der Waals surface area contributed by atoms with Crippen molar-refractivity contribution in [1.82, 2.24) is 0 Å². The SMILES string of the molecule is CCCCCC(O)C1CCCCCO1. The Morgan fingerprint density at radius 1 is 1.29 bits per heavy atom. The van der Waals surface area contributed by atoms with Crippen LogP contribution in [0.5, 0.6) is 0 Å². The average Bonchev–Trinajstić information content (AvgIpc) is 2.46. The van der Waals surface area contributed by atoms with E-state index in [-0.39, 0.29) is 12.2 Å². The quantitative estimate of drug-likeness (QED) is 0.691. The molecular formula is C12H24O2. The lowest BCUT2D eigenvalue weighted by atomic mass is 10.0. The lowest BCUT2D eigenvalue weighted by Crippen LogP contribution is -2.28. The maximum absolute atomic E-state index is 9.90. The summed E-state index contributed by atoms with van der Waals surface area (Å²) in [6.07, 6.45) is 9.09. The molecule has 0 aromatic rings. The molecule has 2 unspecified atom stereocenters. The van der Waals surface area contributed by atoms with Crippen LogP contribution in [0.2, 0.25) is 0 Å². The van der Waals surface area contributed by atoms with Gasteiger partial charge in [0.1, 0.15) is 0 Å². The molecule has 1 heterocycles. The highest BCUT2D eigenvalue weighted by atomic mass is 16.5. The first-order chi connectivity index (χ1) is 6.84. The minimum atomic E-state index is -0.223. The summed E-state index contributed by atoms with van der Waals surface area (Å²) in [6.45, 7) is 3.03. The van der Waals surface area contributed by atoms with Crippen molar-refractivity contribution < 1.29 is 9.84 Å². The molecule has 0 aliphatic carbocycles. The Morgan fingerprint density at radius 2 is 2.14 bits per heavy atom. The summed E-state index contributed by atoms with van der Waals surface area (Å²) in [5.74, 6) is 0. The fourth-order valence-electron chi connectivity index (χ4n) is 2.04. The Kier molecular flexibility index (Phi) is 6.20. The maximum atomic E-state index is 9.90. The zero-order chi connectivity index (χ0) is 10.2. The standard InChI is InChI=1S/C12H24O2/c1-2-3-5-8-11(13)12-9-6-4-7-10-14-12/h11-13H,2-10H2,1H3. The van der Waals surface area contributed by atoms with Gasteiger partial charge in [-0.2, -0.15) is 0 Å². The van der Waals surface area contributed by atoms with Gasteiger partial charge in [0.15, 0.2) is 0 Å². The van der Waals surface area contributed by atoms with E-state index in [0.29, 0.717) is 0 Å². The van der Waals surface area contributed by atoms with Crippen molar-refractivity contribution in [2.24, 2.45) is 0 Å². The third kappa shape index (κ3) is 4.43. The number of unbranched alkanes of at least 4 members (excludes halogenated alkanes) is 2. The van der Waals surface area contributed by atoms with Gasteiger partial charge in [-0.05, 0) is 19.3 Å². The zero-order valence-electron chi connectivity index (χ0n) is 9.37. The van der Waals surface area contributed by atoms with E-state index in [1.165, 1.54) is 25.7 Å². The van der Waals surface area contributed by atoms with Crippen molar-refractivity contribution >= 4 is 0 Å². The van der Waals surface area contributed by atoms with Gasteiger partial charge in [-0.25, -0.2) is 0 Å². The van der Waals surface area contributed by atoms with Crippen molar-refractivity contribution in [1.29, 1.82) is 0 Å². The first kappa shape index (κ1) is 12.0. The minimum Gasteiger partial charge on any atom is -0.390 e. The predicted molar refractivity (Wildman–Crippen MR) is 58.4 cm³/mol. The molecule has 2 nitrogen and oxygen atoms in total. The summed E-state index contributed by atoms with van der Waals surface area (Å²) in [7, 11) is 0. The van der Waals surface area contributed by atoms with E-state index in [0.717, 1.165) is 32.3 Å². The molecule has 1 aliphatic heterocycles. The van der Waals surface area contributed by atoms with Crippen molar-refractivity contribution in [2.75, 3.05) is 6.61 Å². The molecule has 0 radical (unpaired) electrons. The summed E-state index contributed by atoms with van der Waals surface area (Å²) in [6, 6.07) is 0. The van der Waals surface area contributed by atoms with Gasteiger partial charge in [0.25, 0.3) is 0 Å². The lowest BCUT2D eigenvalue weighted by Gasteiger charge is -2.21. The Balaban J connectivity index is 2.16. The van der Waals surface area contributed by atoms with Gasteiger partial charge in [-0.3, -0.25) is 0 Å². The molecule has 0 aromatic heterocycles. The maximum Gasteiger partial charge on any atom is 0.0833 e. The predicted octanol–water partition coefficient (Wildman–Crippen LogP) is 2.89. The van der Waals surface area contributed by atoms with Gasteiger partial charge in [-0.15, -0.1) is 0 Å². The largest absolute Gasteiger partial charge is 0.390 e. The normalized spacial score (nSPS) is 25.7. The molecule has 0 amide bonds. The summed E-state index contributed by atoms with van der Waals surface area (Å²) in [4.78, 5) is 0. The van der Waals surface area contributed by atoms with E-state index in [1.54, 1.807) is 0 Å². The number of ether oxygens (including phenoxy) is 1. The average molecular weight is 200 g/mol. The number of hydrogen-bond acceptors (Lipinski definition) is 2. The summed E-state index contributed by atoms with van der Waals surface area (Å²) in [5, 5.41) is 9.90. The Labute approximate surface area is 87.7 Å². The van der Waals surface area contributed by atoms with Crippen LogP contribution >= 0.6 is 0 Å². The fraction of sp³-hybridized carbons (Fsp3) is 1.00. The van der Waals surface area contributed by atoms with Crippen molar-refractivity contribution in [3.63, 3.8) is 0 Å². The minimum absolute atomic E-state index is 0.120. The van der Waals surface area contributed by atoms with E-state index in [4.69, 9.17) is 4.74 Å².